The van der Waals surface area contributed by atoms with Crippen LogP contribution in [0.5, 0.6) is 11.5 Å². The Morgan fingerprint density at radius 1 is 1.07 bits per heavy atom. The number of hydrogen-bond acceptors (Lipinski definition) is 5. The minimum absolute atomic E-state index is 0.256. The summed E-state index contributed by atoms with van der Waals surface area (Å²) >= 11 is 0. The number of benzene rings is 2. The first-order valence-electron chi connectivity index (χ1n) is 8.91. The number of carbonyl (C=O) groups is 1. The zero-order chi connectivity index (χ0) is 18.6. The molecule has 1 saturated heterocycles. The topological polar surface area (TPSA) is 90.1 Å². The molecule has 3 N–H and O–H groups in total. The molecule has 27 heavy (non-hydrogen) atoms. The van der Waals surface area contributed by atoms with Crippen LogP contribution >= 0.6 is 0 Å². The number of aromatic nitrogens is 2. The molecule has 4 rings (SSSR count). The Kier molecular flexibility index (Phi) is 4.80. The summed E-state index contributed by atoms with van der Waals surface area (Å²) in [7, 11) is 0. The zero-order valence-electron chi connectivity index (χ0n) is 14.8. The summed E-state index contributed by atoms with van der Waals surface area (Å²) in [6.07, 6.45) is 2.52. The van der Waals surface area contributed by atoms with Crippen LogP contribution in [0.4, 0.5) is 0 Å². The van der Waals surface area contributed by atoms with Crippen molar-refractivity contribution in [1.29, 1.82) is 0 Å². The highest BCUT2D eigenvalue weighted by atomic mass is 16.5. The maximum atomic E-state index is 11.8. The Balaban J connectivity index is 1.64. The average molecular weight is 360 g/mol. The Bertz CT molecular complexity index is 936. The third-order valence-electron chi connectivity index (χ3n) is 4.60. The van der Waals surface area contributed by atoms with Gasteiger partial charge in [-0.1, -0.05) is 18.2 Å². The van der Waals surface area contributed by atoms with Crippen LogP contribution in [0.1, 0.15) is 28.5 Å². The number of hydrogen-bond donors (Lipinski definition) is 2. The van der Waals surface area contributed by atoms with Crippen LogP contribution in [-0.4, -0.2) is 29.0 Å². The van der Waals surface area contributed by atoms with E-state index in [0.717, 1.165) is 36.6 Å². The van der Waals surface area contributed by atoms with Crippen LogP contribution < -0.4 is 15.8 Å². The summed E-state index contributed by atoms with van der Waals surface area (Å²) in [5.74, 6) is 1.93. The normalized spacial score (nSPS) is 16.2. The van der Waals surface area contributed by atoms with Crippen molar-refractivity contribution in [2.75, 3.05) is 13.1 Å². The molecule has 2 heterocycles. The first-order valence-corrected chi connectivity index (χ1v) is 8.91. The fraction of sp³-hybridized carbons (Fsp3) is 0.190. The number of nitrogens with two attached hydrogens (primary N) is 1. The van der Waals surface area contributed by atoms with Gasteiger partial charge < -0.3 is 15.8 Å². The molecule has 1 aliphatic heterocycles. The Morgan fingerprint density at radius 3 is 2.48 bits per heavy atom. The predicted molar refractivity (Wildman–Crippen MR) is 103 cm³/mol. The molecule has 136 valence electrons. The lowest BCUT2D eigenvalue weighted by Gasteiger charge is -2.12. The highest BCUT2D eigenvalue weighted by Crippen LogP contribution is 2.28. The number of nitrogens with one attached hydrogen (secondary N) is 1. The van der Waals surface area contributed by atoms with Gasteiger partial charge in [0.05, 0.1) is 11.3 Å². The van der Waals surface area contributed by atoms with Gasteiger partial charge in [-0.2, -0.15) is 0 Å². The van der Waals surface area contributed by atoms with E-state index in [9.17, 15) is 4.79 Å². The Labute approximate surface area is 157 Å². The quantitative estimate of drug-likeness (QED) is 0.730. The van der Waals surface area contributed by atoms with Gasteiger partial charge in [0.25, 0.3) is 5.91 Å². The standard InChI is InChI=1S/C21H20N4O2/c22-20(26)18-13-24-21(15-10-11-23-12-15)25-19(18)14-6-8-17(9-7-14)27-16-4-2-1-3-5-16/h1-9,13,15,23H,10-12H2,(H2,22,26). The van der Waals surface area contributed by atoms with E-state index in [0.29, 0.717) is 17.0 Å². The number of rotatable bonds is 5. The van der Waals surface area contributed by atoms with Gasteiger partial charge in [0.1, 0.15) is 17.3 Å². The number of amides is 1. The molecule has 1 amide bonds. The van der Waals surface area contributed by atoms with E-state index in [1.807, 2.05) is 54.6 Å². The van der Waals surface area contributed by atoms with E-state index in [1.54, 1.807) is 0 Å². The molecular weight excluding hydrogens is 340 g/mol. The van der Waals surface area contributed by atoms with Gasteiger partial charge in [-0.05, 0) is 49.4 Å². The molecule has 1 atom stereocenters. The van der Waals surface area contributed by atoms with Crippen molar-refractivity contribution >= 4 is 5.91 Å². The molecule has 0 radical (unpaired) electrons. The Hall–Kier alpha value is -3.25. The van der Waals surface area contributed by atoms with Crippen LogP contribution in [0.15, 0.2) is 60.8 Å². The number of ether oxygens (including phenoxy) is 1. The number of primary amides is 1. The average Bonchev–Trinajstić information content (AvgIpc) is 3.24. The van der Waals surface area contributed by atoms with Crippen molar-refractivity contribution in [1.82, 2.24) is 15.3 Å². The van der Waals surface area contributed by atoms with Crippen molar-refractivity contribution in [2.45, 2.75) is 12.3 Å². The van der Waals surface area contributed by atoms with E-state index in [1.165, 1.54) is 6.20 Å². The highest BCUT2D eigenvalue weighted by Gasteiger charge is 2.22. The van der Waals surface area contributed by atoms with Crippen molar-refractivity contribution in [3.63, 3.8) is 0 Å². The summed E-state index contributed by atoms with van der Waals surface area (Å²) < 4.78 is 5.82. The molecule has 0 aliphatic carbocycles. The molecule has 1 aromatic heterocycles. The van der Waals surface area contributed by atoms with Crippen LogP contribution in [0, 0.1) is 0 Å². The van der Waals surface area contributed by atoms with Gasteiger partial charge in [-0.25, -0.2) is 9.97 Å². The van der Waals surface area contributed by atoms with E-state index in [-0.39, 0.29) is 5.92 Å². The van der Waals surface area contributed by atoms with Gasteiger partial charge in [-0.3, -0.25) is 4.79 Å². The SMILES string of the molecule is NC(=O)c1cnc(C2CCNC2)nc1-c1ccc(Oc2ccccc2)cc1. The number of nitrogens with zero attached hydrogens (tertiary/aromatic N) is 2. The minimum Gasteiger partial charge on any atom is -0.457 e. The fourth-order valence-corrected chi connectivity index (χ4v) is 3.17. The second-order valence-electron chi connectivity index (χ2n) is 6.48. The van der Waals surface area contributed by atoms with E-state index >= 15 is 0 Å². The second kappa shape index (κ2) is 7.55. The molecular formula is C21H20N4O2. The summed E-state index contributed by atoms with van der Waals surface area (Å²) in [6, 6.07) is 17.0. The van der Waals surface area contributed by atoms with Crippen molar-refractivity contribution in [3.8, 4) is 22.8 Å². The smallest absolute Gasteiger partial charge is 0.252 e. The van der Waals surface area contributed by atoms with Crippen molar-refractivity contribution < 1.29 is 9.53 Å². The first-order chi connectivity index (χ1) is 13.2. The summed E-state index contributed by atoms with van der Waals surface area (Å²) in [5, 5.41) is 3.31. The number of para-hydroxylation sites is 1. The largest absolute Gasteiger partial charge is 0.457 e. The Morgan fingerprint density at radius 2 is 1.81 bits per heavy atom. The second-order valence-corrected chi connectivity index (χ2v) is 6.48. The lowest BCUT2D eigenvalue weighted by atomic mass is 10.0. The van der Waals surface area contributed by atoms with Crippen LogP contribution in [0.3, 0.4) is 0 Å². The van der Waals surface area contributed by atoms with Crippen LogP contribution in [0.2, 0.25) is 0 Å². The third kappa shape index (κ3) is 3.80. The maximum absolute atomic E-state index is 11.8. The maximum Gasteiger partial charge on any atom is 0.252 e. The highest BCUT2D eigenvalue weighted by molar-refractivity contribution is 5.98. The first kappa shape index (κ1) is 17.2. The van der Waals surface area contributed by atoms with Gasteiger partial charge in [0, 0.05) is 24.2 Å². The lowest BCUT2D eigenvalue weighted by molar-refractivity contribution is 0.1000. The molecule has 3 aromatic rings. The zero-order valence-corrected chi connectivity index (χ0v) is 14.8. The molecule has 0 bridgehead atoms. The number of carbonyl (C=O) groups excluding carboxylic acids is 1. The van der Waals surface area contributed by atoms with E-state index < -0.39 is 5.91 Å². The molecule has 1 fully saturated rings. The minimum atomic E-state index is -0.536. The molecule has 6 nitrogen and oxygen atoms in total. The van der Waals surface area contributed by atoms with Gasteiger partial charge in [0.2, 0.25) is 0 Å². The third-order valence-corrected chi connectivity index (χ3v) is 4.60. The molecule has 1 aliphatic rings. The van der Waals surface area contributed by atoms with Gasteiger partial charge >= 0.3 is 0 Å². The monoisotopic (exact) mass is 360 g/mol. The molecule has 0 spiro atoms. The molecule has 0 saturated carbocycles. The molecule has 2 aromatic carbocycles. The van der Waals surface area contributed by atoms with Crippen molar-refractivity contribution in [2.24, 2.45) is 5.73 Å². The van der Waals surface area contributed by atoms with E-state index in [4.69, 9.17) is 10.5 Å². The summed E-state index contributed by atoms with van der Waals surface area (Å²) in [5.41, 5.74) is 7.22. The van der Waals surface area contributed by atoms with E-state index in [2.05, 4.69) is 15.3 Å². The summed E-state index contributed by atoms with van der Waals surface area (Å²) in [6.45, 7) is 1.80. The molecule has 6 heteroatoms. The lowest BCUT2D eigenvalue weighted by Crippen LogP contribution is -2.16. The van der Waals surface area contributed by atoms with Crippen molar-refractivity contribution in [3.05, 3.63) is 72.2 Å². The predicted octanol–water partition coefficient (Wildman–Crippen LogP) is 3.11. The van der Waals surface area contributed by atoms with Gasteiger partial charge in [0.15, 0.2) is 0 Å². The van der Waals surface area contributed by atoms with Crippen LogP contribution in [0.25, 0.3) is 11.3 Å². The molecule has 1 unspecified atom stereocenters. The fourth-order valence-electron chi connectivity index (χ4n) is 3.17. The summed E-state index contributed by atoms with van der Waals surface area (Å²) in [4.78, 5) is 20.9. The van der Waals surface area contributed by atoms with Gasteiger partial charge in [-0.15, -0.1) is 0 Å². The van der Waals surface area contributed by atoms with Crippen LogP contribution in [-0.2, 0) is 0 Å².